The quantitative estimate of drug-likeness (QED) is 0.573. The lowest BCUT2D eigenvalue weighted by Gasteiger charge is -2.42. The van der Waals surface area contributed by atoms with Crippen molar-refractivity contribution in [2.24, 2.45) is 5.41 Å². The molecule has 0 N–H and O–H groups in total. The fourth-order valence-corrected chi connectivity index (χ4v) is 6.45. The molecule has 0 saturated carbocycles. The van der Waals surface area contributed by atoms with Gasteiger partial charge in [0.1, 0.15) is 0 Å². The highest BCUT2D eigenvalue weighted by atomic mass is 16.2. The second-order valence-corrected chi connectivity index (χ2v) is 8.89. The Kier molecular flexibility index (Phi) is 3.61. The van der Waals surface area contributed by atoms with E-state index in [1.807, 2.05) is 66.5 Å². The number of carbonyl (C=O) groups is 3. The molecule has 2 spiro atoms. The fourth-order valence-electron chi connectivity index (χ4n) is 6.45. The SMILES string of the molecule is CN1C[C@H](c2ccccc2)[C@]2(Cc3ccccc3C2=O)C12C(=O)c1ccccc1C2=O. The predicted molar refractivity (Wildman–Crippen MR) is 117 cm³/mol. The lowest BCUT2D eigenvalue weighted by molar-refractivity contribution is 0.0340. The van der Waals surface area contributed by atoms with Crippen molar-refractivity contribution in [1.29, 1.82) is 0 Å². The second kappa shape index (κ2) is 6.08. The number of Topliss-reactive ketones (excluding diaryl/α,β-unsaturated/α-hetero) is 3. The number of hydrogen-bond donors (Lipinski definition) is 0. The van der Waals surface area contributed by atoms with Crippen molar-refractivity contribution in [3.8, 4) is 0 Å². The third-order valence-corrected chi connectivity index (χ3v) is 7.68. The molecule has 152 valence electrons. The highest BCUT2D eigenvalue weighted by molar-refractivity contribution is 6.36. The summed E-state index contributed by atoms with van der Waals surface area (Å²) in [6.45, 7) is 0.467. The summed E-state index contributed by atoms with van der Waals surface area (Å²) in [5, 5.41) is 0. The van der Waals surface area contributed by atoms with Crippen LogP contribution in [0.3, 0.4) is 0 Å². The molecule has 1 fully saturated rings. The molecule has 3 aromatic rings. The Morgan fingerprint density at radius 3 is 1.87 bits per heavy atom. The highest BCUT2D eigenvalue weighted by Crippen LogP contribution is 2.63. The van der Waals surface area contributed by atoms with Crippen LogP contribution in [0.25, 0.3) is 0 Å². The summed E-state index contributed by atoms with van der Waals surface area (Å²) in [6.07, 6.45) is 0.386. The normalized spacial score (nSPS) is 26.1. The molecule has 1 saturated heterocycles. The summed E-state index contributed by atoms with van der Waals surface area (Å²) in [4.78, 5) is 44.2. The monoisotopic (exact) mass is 407 g/mol. The smallest absolute Gasteiger partial charge is 0.192 e. The van der Waals surface area contributed by atoms with Gasteiger partial charge in [-0.1, -0.05) is 78.9 Å². The Morgan fingerprint density at radius 1 is 0.710 bits per heavy atom. The van der Waals surface area contributed by atoms with Crippen molar-refractivity contribution in [1.82, 2.24) is 4.90 Å². The molecular formula is C27H21NO3. The van der Waals surface area contributed by atoms with Gasteiger partial charge in [0.25, 0.3) is 0 Å². The number of hydrogen-bond acceptors (Lipinski definition) is 4. The number of ketones is 3. The zero-order valence-corrected chi connectivity index (χ0v) is 17.2. The molecule has 1 aliphatic heterocycles. The number of likely N-dealkylation sites (tertiary alicyclic amines) is 1. The molecule has 2 atom stereocenters. The topological polar surface area (TPSA) is 54.5 Å². The summed E-state index contributed by atoms with van der Waals surface area (Å²) < 4.78 is 0. The molecule has 2 aliphatic carbocycles. The Morgan fingerprint density at radius 2 is 1.26 bits per heavy atom. The van der Waals surface area contributed by atoms with E-state index >= 15 is 0 Å². The van der Waals surface area contributed by atoms with Crippen molar-refractivity contribution in [3.05, 3.63) is 107 Å². The van der Waals surface area contributed by atoms with Crippen LogP contribution < -0.4 is 0 Å². The molecular weight excluding hydrogens is 386 g/mol. The van der Waals surface area contributed by atoms with Crippen LogP contribution in [-0.2, 0) is 6.42 Å². The Labute approximate surface area is 180 Å². The first-order chi connectivity index (χ1) is 15.0. The summed E-state index contributed by atoms with van der Waals surface area (Å²) in [7, 11) is 1.82. The van der Waals surface area contributed by atoms with Crippen LogP contribution in [0.5, 0.6) is 0 Å². The van der Waals surface area contributed by atoms with E-state index in [1.54, 1.807) is 24.3 Å². The van der Waals surface area contributed by atoms with Gasteiger partial charge in [-0.3, -0.25) is 19.3 Å². The third kappa shape index (κ3) is 1.97. The standard InChI is InChI=1S/C27H21NO3/c1-28-16-22(17-9-3-2-4-10-17)26(15-18-11-5-6-12-19(18)23(26)29)27(28)24(30)20-13-7-8-14-21(20)25(27)31/h2-14,22H,15-16H2,1H3/t22-,26+/m1/s1. The predicted octanol–water partition coefficient (Wildman–Crippen LogP) is 3.96. The van der Waals surface area contributed by atoms with Crippen molar-refractivity contribution < 1.29 is 14.4 Å². The van der Waals surface area contributed by atoms with Crippen molar-refractivity contribution in [2.45, 2.75) is 17.9 Å². The van der Waals surface area contributed by atoms with Gasteiger partial charge < -0.3 is 0 Å². The van der Waals surface area contributed by atoms with E-state index < -0.39 is 11.0 Å². The van der Waals surface area contributed by atoms with Gasteiger partial charge in [0.15, 0.2) is 22.9 Å². The van der Waals surface area contributed by atoms with Gasteiger partial charge in [-0.15, -0.1) is 0 Å². The summed E-state index contributed by atoms with van der Waals surface area (Å²) in [5.41, 5.74) is 0.707. The van der Waals surface area contributed by atoms with Gasteiger partial charge in [-0.2, -0.15) is 0 Å². The largest absolute Gasteiger partial charge is 0.293 e. The van der Waals surface area contributed by atoms with Crippen LogP contribution in [0.1, 0.15) is 48.1 Å². The minimum absolute atomic E-state index is 0.0872. The van der Waals surface area contributed by atoms with E-state index in [9.17, 15) is 14.4 Å². The Bertz CT molecular complexity index is 1240. The van der Waals surface area contributed by atoms with Crippen LogP contribution >= 0.6 is 0 Å². The Hall–Kier alpha value is -3.37. The average Bonchev–Trinajstić information content (AvgIpc) is 3.34. The first-order valence-electron chi connectivity index (χ1n) is 10.6. The van der Waals surface area contributed by atoms with Gasteiger partial charge in [0, 0.05) is 29.2 Å². The van der Waals surface area contributed by atoms with Crippen molar-refractivity contribution in [2.75, 3.05) is 13.6 Å². The van der Waals surface area contributed by atoms with Crippen LogP contribution in [0, 0.1) is 5.41 Å². The zero-order chi connectivity index (χ0) is 21.4. The number of rotatable bonds is 1. The first-order valence-corrected chi connectivity index (χ1v) is 10.6. The first kappa shape index (κ1) is 18.4. The van der Waals surface area contributed by atoms with Crippen molar-refractivity contribution >= 4 is 17.3 Å². The lowest BCUT2D eigenvalue weighted by Crippen LogP contribution is -2.63. The van der Waals surface area contributed by atoms with E-state index in [1.165, 1.54) is 0 Å². The van der Waals surface area contributed by atoms with Gasteiger partial charge in [-0.05, 0) is 24.6 Å². The molecule has 3 aromatic carbocycles. The number of benzene rings is 3. The van der Waals surface area contributed by atoms with Gasteiger partial charge in [0.2, 0.25) is 0 Å². The van der Waals surface area contributed by atoms with Gasteiger partial charge in [-0.25, -0.2) is 0 Å². The molecule has 31 heavy (non-hydrogen) atoms. The molecule has 6 rings (SSSR count). The maximum absolute atomic E-state index is 14.2. The minimum Gasteiger partial charge on any atom is -0.293 e. The summed E-state index contributed by atoms with van der Waals surface area (Å²) >= 11 is 0. The van der Waals surface area contributed by atoms with Crippen LogP contribution in [-0.4, -0.2) is 41.4 Å². The zero-order valence-electron chi connectivity index (χ0n) is 17.2. The van der Waals surface area contributed by atoms with E-state index in [4.69, 9.17) is 0 Å². The molecule has 0 bridgehead atoms. The molecule has 0 radical (unpaired) electrons. The van der Waals surface area contributed by atoms with E-state index in [0.29, 0.717) is 29.7 Å². The minimum atomic E-state index is -1.52. The lowest BCUT2D eigenvalue weighted by atomic mass is 9.59. The number of fused-ring (bicyclic) bond motifs is 3. The maximum Gasteiger partial charge on any atom is 0.192 e. The average molecular weight is 407 g/mol. The number of carbonyl (C=O) groups excluding carboxylic acids is 3. The molecule has 3 aliphatic rings. The third-order valence-electron chi connectivity index (χ3n) is 7.68. The van der Waals surface area contributed by atoms with Gasteiger partial charge in [0.05, 0.1) is 5.41 Å². The molecule has 4 heteroatoms. The fraction of sp³-hybridized carbons (Fsp3) is 0.222. The van der Waals surface area contributed by atoms with Gasteiger partial charge >= 0.3 is 0 Å². The summed E-state index contributed by atoms with van der Waals surface area (Å²) in [6, 6.07) is 24.4. The number of likely N-dealkylation sites (N-methyl/N-ethyl adjacent to an activating group) is 1. The summed E-state index contributed by atoms with van der Waals surface area (Å²) in [5.74, 6) is -0.831. The van der Waals surface area contributed by atoms with Crippen LogP contribution in [0.2, 0.25) is 0 Å². The molecule has 0 aromatic heterocycles. The van der Waals surface area contributed by atoms with E-state index in [2.05, 4.69) is 0 Å². The highest BCUT2D eigenvalue weighted by Gasteiger charge is 2.77. The van der Waals surface area contributed by atoms with E-state index in [-0.39, 0.29) is 23.3 Å². The van der Waals surface area contributed by atoms with E-state index in [0.717, 1.165) is 11.1 Å². The van der Waals surface area contributed by atoms with Crippen LogP contribution in [0.15, 0.2) is 78.9 Å². The molecule has 1 heterocycles. The van der Waals surface area contributed by atoms with Crippen LogP contribution in [0.4, 0.5) is 0 Å². The molecule has 4 nitrogen and oxygen atoms in total. The number of nitrogens with zero attached hydrogens (tertiary/aromatic N) is 1. The molecule has 0 unspecified atom stereocenters. The maximum atomic E-state index is 14.2. The van der Waals surface area contributed by atoms with Crippen molar-refractivity contribution in [3.63, 3.8) is 0 Å². The molecule has 0 amide bonds. The second-order valence-electron chi connectivity index (χ2n) is 8.89. The Balaban J connectivity index is 1.67.